The monoisotopic (exact) mass is 300 g/mol. The van der Waals surface area contributed by atoms with Crippen molar-refractivity contribution in [3.8, 4) is 27.6 Å². The largest absolute Gasteiger partial charge is 0.494 e. The van der Waals surface area contributed by atoms with Crippen molar-refractivity contribution in [2.24, 2.45) is 0 Å². The Hall–Kier alpha value is -2.40. The highest BCUT2D eigenvalue weighted by molar-refractivity contribution is 7.13. The second kappa shape index (κ2) is 5.54. The summed E-state index contributed by atoms with van der Waals surface area (Å²) in [4.78, 5) is 4.55. The predicted molar refractivity (Wildman–Crippen MR) is 83.9 cm³/mol. The van der Waals surface area contributed by atoms with Crippen molar-refractivity contribution in [3.63, 3.8) is 0 Å². The number of rotatable bonds is 3. The molecule has 0 aliphatic carbocycles. The second-order valence-electron chi connectivity index (χ2n) is 4.51. The highest BCUT2D eigenvalue weighted by Crippen LogP contribution is 2.31. The van der Waals surface area contributed by atoms with Gasteiger partial charge in [0.05, 0.1) is 12.8 Å². The second-order valence-corrected chi connectivity index (χ2v) is 5.37. The maximum atomic E-state index is 13.7. The fourth-order valence-corrected chi connectivity index (χ4v) is 2.83. The van der Waals surface area contributed by atoms with Gasteiger partial charge in [0.25, 0.3) is 0 Å². The van der Waals surface area contributed by atoms with E-state index in [1.807, 2.05) is 29.6 Å². The van der Waals surface area contributed by atoms with Crippen molar-refractivity contribution < 1.29 is 9.13 Å². The maximum absolute atomic E-state index is 13.7. The zero-order valence-electron chi connectivity index (χ0n) is 11.3. The molecule has 0 radical (unpaired) electrons. The normalized spacial score (nSPS) is 10.6. The first-order valence-corrected chi connectivity index (χ1v) is 7.20. The molecule has 106 valence electrons. The van der Waals surface area contributed by atoms with Crippen LogP contribution in [0.3, 0.4) is 0 Å². The van der Waals surface area contributed by atoms with E-state index in [0.29, 0.717) is 5.69 Å². The maximum Gasteiger partial charge on any atom is 0.165 e. The number of aromatic nitrogens is 1. The molecule has 5 heteroatoms. The summed E-state index contributed by atoms with van der Waals surface area (Å²) < 4.78 is 18.7. The minimum absolute atomic E-state index is 0.229. The number of thiazole rings is 1. The molecule has 1 heterocycles. The third-order valence-electron chi connectivity index (χ3n) is 3.11. The SMILES string of the molecule is COc1ccc(-c2csc(-c3ccc(N)cc3)n2)cc1F. The van der Waals surface area contributed by atoms with Crippen molar-refractivity contribution in [1.29, 1.82) is 0 Å². The van der Waals surface area contributed by atoms with E-state index in [9.17, 15) is 4.39 Å². The van der Waals surface area contributed by atoms with Crippen molar-refractivity contribution in [2.45, 2.75) is 0 Å². The van der Waals surface area contributed by atoms with Gasteiger partial charge in [-0.3, -0.25) is 0 Å². The molecule has 21 heavy (non-hydrogen) atoms. The van der Waals surface area contributed by atoms with E-state index in [0.717, 1.165) is 21.8 Å². The van der Waals surface area contributed by atoms with E-state index >= 15 is 0 Å². The minimum atomic E-state index is -0.392. The van der Waals surface area contributed by atoms with Gasteiger partial charge in [-0.2, -0.15) is 0 Å². The molecule has 0 aliphatic rings. The van der Waals surface area contributed by atoms with Crippen LogP contribution in [0.1, 0.15) is 0 Å². The van der Waals surface area contributed by atoms with Crippen LogP contribution >= 0.6 is 11.3 Å². The van der Waals surface area contributed by atoms with Crippen LogP contribution in [-0.4, -0.2) is 12.1 Å². The van der Waals surface area contributed by atoms with Crippen molar-refractivity contribution in [3.05, 3.63) is 53.7 Å². The van der Waals surface area contributed by atoms with Crippen LogP contribution in [0, 0.1) is 5.82 Å². The average molecular weight is 300 g/mol. The number of nitrogen functional groups attached to an aromatic ring is 1. The van der Waals surface area contributed by atoms with Crippen LogP contribution in [-0.2, 0) is 0 Å². The lowest BCUT2D eigenvalue weighted by Gasteiger charge is -2.03. The Morgan fingerprint density at radius 2 is 1.81 bits per heavy atom. The Labute approximate surface area is 125 Å². The summed E-state index contributed by atoms with van der Waals surface area (Å²) in [6.45, 7) is 0. The molecule has 3 aromatic rings. The van der Waals surface area contributed by atoms with Gasteiger partial charge >= 0.3 is 0 Å². The van der Waals surface area contributed by atoms with E-state index < -0.39 is 5.82 Å². The van der Waals surface area contributed by atoms with Crippen LogP contribution in [0.4, 0.5) is 10.1 Å². The fraction of sp³-hybridized carbons (Fsp3) is 0.0625. The Bertz CT molecular complexity index is 768. The molecule has 0 aliphatic heterocycles. The Kier molecular flexibility index (Phi) is 3.58. The van der Waals surface area contributed by atoms with Crippen LogP contribution in [0.2, 0.25) is 0 Å². The molecule has 3 rings (SSSR count). The smallest absolute Gasteiger partial charge is 0.165 e. The van der Waals surface area contributed by atoms with Gasteiger partial charge < -0.3 is 10.5 Å². The molecule has 0 unspecified atom stereocenters. The first-order valence-electron chi connectivity index (χ1n) is 6.33. The van der Waals surface area contributed by atoms with Gasteiger partial charge in [-0.25, -0.2) is 9.37 Å². The van der Waals surface area contributed by atoms with Crippen molar-refractivity contribution >= 4 is 17.0 Å². The predicted octanol–water partition coefficient (Wildman–Crippen LogP) is 4.21. The molecule has 0 bridgehead atoms. The number of hydrogen-bond acceptors (Lipinski definition) is 4. The summed E-state index contributed by atoms with van der Waals surface area (Å²) in [5.74, 6) is -0.162. The first kappa shape index (κ1) is 13.6. The zero-order chi connectivity index (χ0) is 14.8. The summed E-state index contributed by atoms with van der Waals surface area (Å²) >= 11 is 1.51. The Balaban J connectivity index is 1.94. The van der Waals surface area contributed by atoms with Crippen LogP contribution in [0.15, 0.2) is 47.8 Å². The number of halogens is 1. The molecular weight excluding hydrogens is 287 g/mol. The van der Waals surface area contributed by atoms with E-state index in [-0.39, 0.29) is 5.75 Å². The number of hydrogen-bond donors (Lipinski definition) is 1. The molecule has 0 saturated carbocycles. The summed E-state index contributed by atoms with van der Waals surface area (Å²) in [5.41, 5.74) is 8.86. The van der Waals surface area contributed by atoms with Crippen LogP contribution < -0.4 is 10.5 Å². The molecule has 0 saturated heterocycles. The van der Waals surface area contributed by atoms with Gasteiger partial charge in [0.15, 0.2) is 11.6 Å². The lowest BCUT2D eigenvalue weighted by atomic mass is 10.1. The van der Waals surface area contributed by atoms with Crippen LogP contribution in [0.25, 0.3) is 21.8 Å². The van der Waals surface area contributed by atoms with E-state index in [4.69, 9.17) is 10.5 Å². The van der Waals surface area contributed by atoms with Crippen LogP contribution in [0.5, 0.6) is 5.75 Å². The third kappa shape index (κ3) is 2.73. The average Bonchev–Trinajstić information content (AvgIpc) is 2.98. The Morgan fingerprint density at radius 1 is 1.10 bits per heavy atom. The summed E-state index contributed by atoms with van der Waals surface area (Å²) in [6, 6.07) is 12.4. The number of nitrogens with two attached hydrogens (primary N) is 1. The number of benzene rings is 2. The molecular formula is C16H13FN2OS. The molecule has 1 aromatic heterocycles. The number of nitrogens with zero attached hydrogens (tertiary/aromatic N) is 1. The highest BCUT2D eigenvalue weighted by Gasteiger charge is 2.09. The van der Waals surface area contributed by atoms with Gasteiger partial charge in [0, 0.05) is 22.2 Å². The topological polar surface area (TPSA) is 48.1 Å². The minimum Gasteiger partial charge on any atom is -0.494 e. The molecule has 0 amide bonds. The van der Waals surface area contributed by atoms with Gasteiger partial charge in [-0.1, -0.05) is 0 Å². The quantitative estimate of drug-likeness (QED) is 0.737. The van der Waals surface area contributed by atoms with Crippen molar-refractivity contribution in [2.75, 3.05) is 12.8 Å². The number of methoxy groups -OCH3 is 1. The Morgan fingerprint density at radius 3 is 2.48 bits per heavy atom. The lowest BCUT2D eigenvalue weighted by molar-refractivity contribution is 0.386. The van der Waals surface area contributed by atoms with Gasteiger partial charge in [0.2, 0.25) is 0 Å². The third-order valence-corrected chi connectivity index (χ3v) is 4.00. The molecule has 0 atom stereocenters. The molecule has 3 nitrogen and oxygen atoms in total. The molecule has 2 N–H and O–H groups in total. The summed E-state index contributed by atoms with van der Waals surface area (Å²) in [6.07, 6.45) is 0. The van der Waals surface area contributed by atoms with Gasteiger partial charge in [-0.05, 0) is 42.5 Å². The summed E-state index contributed by atoms with van der Waals surface area (Å²) in [5, 5.41) is 2.79. The molecule has 2 aromatic carbocycles. The number of anilines is 1. The van der Waals surface area contributed by atoms with Crippen molar-refractivity contribution in [1.82, 2.24) is 4.98 Å². The standard InChI is InChI=1S/C16H13FN2OS/c1-20-15-7-4-11(8-13(15)17)14-9-21-16(19-14)10-2-5-12(18)6-3-10/h2-9H,18H2,1H3. The summed E-state index contributed by atoms with van der Waals surface area (Å²) in [7, 11) is 1.44. The molecule has 0 spiro atoms. The zero-order valence-corrected chi connectivity index (χ0v) is 12.2. The first-order chi connectivity index (χ1) is 10.2. The fourth-order valence-electron chi connectivity index (χ4n) is 1.99. The molecule has 0 fully saturated rings. The highest BCUT2D eigenvalue weighted by atomic mass is 32.1. The van der Waals surface area contributed by atoms with E-state index in [2.05, 4.69) is 4.98 Å². The van der Waals surface area contributed by atoms with Gasteiger partial charge in [-0.15, -0.1) is 11.3 Å². The van der Waals surface area contributed by atoms with E-state index in [1.165, 1.54) is 24.5 Å². The van der Waals surface area contributed by atoms with Gasteiger partial charge in [0.1, 0.15) is 5.01 Å². The number of ether oxygens (including phenoxy) is 1. The lowest BCUT2D eigenvalue weighted by Crippen LogP contribution is -1.88. The van der Waals surface area contributed by atoms with E-state index in [1.54, 1.807) is 12.1 Å².